The molecule has 3 fully saturated rings. The highest BCUT2D eigenvalue weighted by Crippen LogP contribution is 2.33. The van der Waals surface area contributed by atoms with Crippen LogP contribution in [0.15, 0.2) is 36.5 Å². The van der Waals surface area contributed by atoms with Crippen molar-refractivity contribution in [2.75, 3.05) is 26.4 Å². The maximum atomic E-state index is 13.3. The number of amides is 1. The largest absolute Gasteiger partial charge is 0.394 e. The van der Waals surface area contributed by atoms with Crippen LogP contribution in [0.25, 0.3) is 0 Å². The third-order valence-corrected chi connectivity index (χ3v) is 16.9. The Labute approximate surface area is 511 Å². The first-order valence-corrected chi connectivity index (χ1v) is 33.7. The lowest BCUT2D eigenvalue weighted by Gasteiger charge is -2.48. The van der Waals surface area contributed by atoms with Crippen molar-refractivity contribution in [2.24, 2.45) is 0 Å². The Hall–Kier alpha value is -1.99. The van der Waals surface area contributed by atoms with Gasteiger partial charge < -0.3 is 89.9 Å². The minimum atomic E-state index is -1.98. The van der Waals surface area contributed by atoms with Gasteiger partial charge in [0.25, 0.3) is 0 Å². The zero-order valence-corrected chi connectivity index (χ0v) is 52.3. The van der Waals surface area contributed by atoms with Crippen molar-refractivity contribution in [1.82, 2.24) is 5.32 Å². The van der Waals surface area contributed by atoms with E-state index in [-0.39, 0.29) is 18.9 Å². The molecule has 3 rings (SSSR count). The van der Waals surface area contributed by atoms with Gasteiger partial charge in [0, 0.05) is 6.42 Å². The van der Waals surface area contributed by atoms with Crippen LogP contribution in [0.5, 0.6) is 0 Å². The maximum Gasteiger partial charge on any atom is 0.220 e. The Balaban J connectivity index is 1.29. The number of unbranched alkanes of at least 4 members (excludes halogenated alkanes) is 31. The van der Waals surface area contributed by atoms with Gasteiger partial charge in [0.05, 0.1) is 38.6 Å². The number of hydrogen-bond acceptors (Lipinski definition) is 18. The van der Waals surface area contributed by atoms with Crippen molar-refractivity contribution in [3.05, 3.63) is 36.5 Å². The predicted molar refractivity (Wildman–Crippen MR) is 328 cm³/mol. The fraction of sp³-hybridized carbons (Fsp3) is 0.894. The number of aliphatic hydroxyl groups is 11. The van der Waals surface area contributed by atoms with Gasteiger partial charge in [-0.05, 0) is 51.4 Å². The normalized spacial score (nSPS) is 29.2. The summed E-state index contributed by atoms with van der Waals surface area (Å²) < 4.78 is 34.1. The molecule has 17 atom stereocenters. The van der Waals surface area contributed by atoms with Crippen LogP contribution in [0.1, 0.15) is 245 Å². The first-order chi connectivity index (χ1) is 41.3. The maximum absolute atomic E-state index is 13.3. The number of aliphatic hydroxyl groups excluding tert-OH is 11. The summed E-state index contributed by atoms with van der Waals surface area (Å²) in [6.45, 7) is 1.59. The standard InChI is InChI=1S/C66H121NO18/c1-3-5-7-9-11-12-13-14-15-16-17-18-19-20-21-22-23-24-25-26-27-28-29-30-31-32-33-34-35-36-38-40-42-44-54(72)67-49(50(71)43-41-39-37-10-8-6-4-2)48-80-64-60(78)57(75)62(52(46-69)82-64)85-66-61(79)58(76)63(53(47-70)83-66)84-65-59(77)56(74)55(73)51(45-68)81-65/h8,10,16-17,41,43,49-53,55-66,68-71,73-79H,3-7,9,11-15,18-40,42,44-48H2,1-2H3,(H,67,72)/b10-8+,17-16-,43-41+. The second-order valence-corrected chi connectivity index (χ2v) is 24.3. The van der Waals surface area contributed by atoms with E-state index in [1.54, 1.807) is 6.08 Å². The zero-order chi connectivity index (χ0) is 61.9. The lowest BCUT2D eigenvalue weighted by molar-refractivity contribution is -0.379. The molecule has 3 aliphatic heterocycles. The molecule has 12 N–H and O–H groups in total. The van der Waals surface area contributed by atoms with Gasteiger partial charge in [-0.3, -0.25) is 4.79 Å². The van der Waals surface area contributed by atoms with Gasteiger partial charge in [-0.15, -0.1) is 0 Å². The molecule has 0 aromatic carbocycles. The Morgan fingerprint density at radius 2 is 0.776 bits per heavy atom. The number of rotatable bonds is 51. The van der Waals surface area contributed by atoms with E-state index in [1.807, 2.05) is 6.08 Å². The summed E-state index contributed by atoms with van der Waals surface area (Å²) in [4.78, 5) is 13.3. The van der Waals surface area contributed by atoms with E-state index in [0.717, 1.165) is 38.5 Å². The van der Waals surface area contributed by atoms with E-state index >= 15 is 0 Å². The molecule has 0 bridgehead atoms. The van der Waals surface area contributed by atoms with Crippen LogP contribution in [-0.2, 0) is 33.2 Å². The monoisotopic (exact) mass is 1220 g/mol. The van der Waals surface area contributed by atoms with Crippen LogP contribution in [0.2, 0.25) is 0 Å². The second-order valence-electron chi connectivity index (χ2n) is 24.3. The topological polar surface area (TPSA) is 307 Å². The van der Waals surface area contributed by atoms with Crippen molar-refractivity contribution in [1.29, 1.82) is 0 Å². The molecule has 1 amide bonds. The first kappa shape index (κ1) is 77.3. The van der Waals surface area contributed by atoms with E-state index in [2.05, 4.69) is 43.5 Å². The minimum Gasteiger partial charge on any atom is -0.394 e. The molecule has 3 aliphatic rings. The van der Waals surface area contributed by atoms with Gasteiger partial charge in [-0.2, -0.15) is 0 Å². The molecule has 19 nitrogen and oxygen atoms in total. The first-order valence-electron chi connectivity index (χ1n) is 33.7. The van der Waals surface area contributed by atoms with Crippen LogP contribution < -0.4 is 5.32 Å². The van der Waals surface area contributed by atoms with Crippen LogP contribution in [0.4, 0.5) is 0 Å². The second kappa shape index (κ2) is 48.8. The average Bonchev–Trinajstić information content (AvgIpc) is 2.11. The summed E-state index contributed by atoms with van der Waals surface area (Å²) in [5.74, 6) is -0.287. The quantitative estimate of drug-likeness (QED) is 0.0202. The molecule has 0 aliphatic carbocycles. The highest BCUT2D eigenvalue weighted by atomic mass is 16.8. The van der Waals surface area contributed by atoms with Crippen LogP contribution in [-0.4, -0.2) is 193 Å². The third-order valence-electron chi connectivity index (χ3n) is 16.9. The summed E-state index contributed by atoms with van der Waals surface area (Å²) in [5.41, 5.74) is 0. The van der Waals surface area contributed by atoms with Gasteiger partial charge in [-0.25, -0.2) is 0 Å². The molecule has 0 radical (unpaired) electrons. The van der Waals surface area contributed by atoms with Crippen LogP contribution >= 0.6 is 0 Å². The number of carbonyl (C=O) groups is 1. The fourth-order valence-corrected chi connectivity index (χ4v) is 11.4. The average molecular weight is 1220 g/mol. The van der Waals surface area contributed by atoms with E-state index < -0.39 is 124 Å². The molecular weight excluding hydrogens is 1090 g/mol. The van der Waals surface area contributed by atoms with Crippen molar-refractivity contribution in [2.45, 2.75) is 349 Å². The van der Waals surface area contributed by atoms with Gasteiger partial charge in [0.15, 0.2) is 18.9 Å². The van der Waals surface area contributed by atoms with E-state index in [4.69, 9.17) is 28.4 Å². The van der Waals surface area contributed by atoms with Gasteiger partial charge in [0.2, 0.25) is 5.91 Å². The molecule has 17 unspecified atom stereocenters. The fourth-order valence-electron chi connectivity index (χ4n) is 11.4. The van der Waals surface area contributed by atoms with Crippen molar-refractivity contribution < 1.29 is 89.4 Å². The summed E-state index contributed by atoms with van der Waals surface area (Å²) in [7, 11) is 0. The highest BCUT2D eigenvalue weighted by molar-refractivity contribution is 5.76. The van der Waals surface area contributed by atoms with Gasteiger partial charge >= 0.3 is 0 Å². The summed E-state index contributed by atoms with van der Waals surface area (Å²) in [6.07, 6.45) is 29.3. The van der Waals surface area contributed by atoms with E-state index in [1.165, 1.54) is 173 Å². The predicted octanol–water partition coefficient (Wildman–Crippen LogP) is 8.05. The lowest BCUT2D eigenvalue weighted by atomic mass is 9.96. The van der Waals surface area contributed by atoms with Gasteiger partial charge in [-0.1, -0.05) is 224 Å². The molecule has 85 heavy (non-hydrogen) atoms. The minimum absolute atomic E-state index is 0.238. The Kier molecular flexibility index (Phi) is 44.4. The molecule has 19 heteroatoms. The molecule has 0 saturated carbocycles. The number of carbonyl (C=O) groups excluding carboxylic acids is 1. The van der Waals surface area contributed by atoms with Crippen LogP contribution in [0, 0.1) is 0 Å². The summed E-state index contributed by atoms with van der Waals surface area (Å²) in [5, 5.41) is 120. The number of nitrogens with one attached hydrogen (secondary N) is 1. The molecule has 498 valence electrons. The Morgan fingerprint density at radius 1 is 0.412 bits per heavy atom. The summed E-state index contributed by atoms with van der Waals surface area (Å²) >= 11 is 0. The molecule has 0 aromatic rings. The molecule has 0 spiro atoms. The zero-order valence-electron chi connectivity index (χ0n) is 52.3. The molecule has 3 heterocycles. The van der Waals surface area contributed by atoms with Crippen molar-refractivity contribution in [3.63, 3.8) is 0 Å². The highest BCUT2D eigenvalue weighted by Gasteiger charge is 2.53. The van der Waals surface area contributed by atoms with E-state index in [0.29, 0.717) is 12.8 Å². The third kappa shape index (κ3) is 31.5. The Bertz CT molecular complexity index is 1690. The van der Waals surface area contributed by atoms with E-state index in [9.17, 15) is 61.0 Å². The van der Waals surface area contributed by atoms with Crippen LogP contribution in [0.3, 0.4) is 0 Å². The molecule has 3 saturated heterocycles. The van der Waals surface area contributed by atoms with Gasteiger partial charge in [0.1, 0.15) is 73.2 Å². The SMILES string of the molecule is CCC/C=C/CC/C=C/C(O)C(COC1OC(CO)C(OC2OC(CO)C(OC3OC(CO)C(O)C(O)C3O)C(O)C2O)C(O)C1O)NC(=O)CCCCCCCCCCCCCCCCCCCCCCC/C=C\CCCCCCCCCC. The number of ether oxygens (including phenoxy) is 6. The Morgan fingerprint density at radius 3 is 1.22 bits per heavy atom. The number of hydrogen-bond donors (Lipinski definition) is 12. The lowest BCUT2D eigenvalue weighted by Crippen LogP contribution is -2.66. The summed E-state index contributed by atoms with van der Waals surface area (Å²) in [6, 6.07) is -0.985. The van der Waals surface area contributed by atoms with Crippen molar-refractivity contribution in [3.8, 4) is 0 Å². The van der Waals surface area contributed by atoms with Crippen molar-refractivity contribution >= 4 is 5.91 Å². The molecular formula is C66H121NO18. The smallest absolute Gasteiger partial charge is 0.220 e. The molecule has 0 aromatic heterocycles. The number of allylic oxidation sites excluding steroid dienone is 5.